The third-order valence-corrected chi connectivity index (χ3v) is 4.65. The van der Waals surface area contributed by atoms with Crippen LogP contribution in [0.25, 0.3) is 0 Å². The van der Waals surface area contributed by atoms with Gasteiger partial charge in [-0.05, 0) is 37.1 Å². The normalized spacial score (nSPS) is 42.1. The minimum Gasteiger partial charge on any atom is -0.322 e. The van der Waals surface area contributed by atoms with E-state index in [1.807, 2.05) is 4.90 Å². The van der Waals surface area contributed by atoms with Gasteiger partial charge in [-0.15, -0.1) is 0 Å². The fourth-order valence-electron chi connectivity index (χ4n) is 3.42. The number of nitrogens with zero attached hydrogens (tertiary/aromatic N) is 2. The van der Waals surface area contributed by atoms with Gasteiger partial charge in [0.05, 0.1) is 12.1 Å². The number of carbonyl (C=O) groups is 1. The van der Waals surface area contributed by atoms with Crippen LogP contribution in [0.15, 0.2) is 0 Å². The summed E-state index contributed by atoms with van der Waals surface area (Å²) in [6.07, 6.45) is 3.03. The first kappa shape index (κ1) is 11.0. The monoisotopic (exact) mass is 233 g/mol. The largest absolute Gasteiger partial charge is 0.322 e. The van der Waals surface area contributed by atoms with E-state index in [4.69, 9.17) is 5.26 Å². The zero-order valence-corrected chi connectivity index (χ0v) is 10.4. The summed E-state index contributed by atoms with van der Waals surface area (Å²) in [5, 5.41) is 12.4. The molecule has 4 nitrogen and oxygen atoms in total. The van der Waals surface area contributed by atoms with Gasteiger partial charge >= 0.3 is 0 Å². The van der Waals surface area contributed by atoms with Crippen molar-refractivity contribution < 1.29 is 4.79 Å². The lowest BCUT2D eigenvalue weighted by Gasteiger charge is -2.32. The first-order valence-electron chi connectivity index (χ1n) is 6.50. The van der Waals surface area contributed by atoms with Crippen LogP contribution >= 0.6 is 0 Å². The van der Waals surface area contributed by atoms with Crippen LogP contribution in [0.1, 0.15) is 33.1 Å². The molecule has 0 radical (unpaired) electrons. The minimum atomic E-state index is -0.176. The molecule has 1 N–H and O–H groups in total. The van der Waals surface area contributed by atoms with Gasteiger partial charge < -0.3 is 10.2 Å². The van der Waals surface area contributed by atoms with E-state index in [0.717, 1.165) is 25.8 Å². The van der Waals surface area contributed by atoms with Crippen molar-refractivity contribution in [3.05, 3.63) is 0 Å². The van der Waals surface area contributed by atoms with Crippen molar-refractivity contribution in [2.24, 2.45) is 11.3 Å². The Labute approximate surface area is 102 Å². The number of fused-ring (bicyclic) bond motifs is 1. The molecule has 3 aliphatic rings. The number of rotatable bonds is 1. The molecule has 0 bridgehead atoms. The lowest BCUT2D eigenvalue weighted by atomic mass is 9.84. The van der Waals surface area contributed by atoms with Gasteiger partial charge in [-0.3, -0.25) is 4.79 Å². The molecule has 1 aliphatic carbocycles. The number of likely N-dealkylation sites (tertiary alicyclic amines) is 1. The zero-order chi connectivity index (χ0) is 12.2. The summed E-state index contributed by atoms with van der Waals surface area (Å²) in [6, 6.07) is 2.37. The summed E-state index contributed by atoms with van der Waals surface area (Å²) in [7, 11) is 0. The highest BCUT2D eigenvalue weighted by Gasteiger charge is 2.56. The van der Waals surface area contributed by atoms with E-state index in [1.54, 1.807) is 0 Å². The molecule has 0 unspecified atom stereocenters. The third kappa shape index (κ3) is 1.56. The number of amides is 1. The first-order valence-corrected chi connectivity index (χ1v) is 6.50. The predicted molar refractivity (Wildman–Crippen MR) is 62.9 cm³/mol. The minimum absolute atomic E-state index is 0.0179. The summed E-state index contributed by atoms with van der Waals surface area (Å²) in [5.41, 5.74) is 0.0179. The second-order valence-corrected chi connectivity index (χ2v) is 6.31. The van der Waals surface area contributed by atoms with Crippen molar-refractivity contribution in [1.82, 2.24) is 10.2 Å². The Balaban J connectivity index is 1.80. The maximum Gasteiger partial charge on any atom is 0.241 e. The van der Waals surface area contributed by atoms with Gasteiger partial charge in [0.1, 0.15) is 6.04 Å². The zero-order valence-electron chi connectivity index (χ0n) is 10.4. The number of carbonyl (C=O) groups excluding carboxylic acids is 1. The Kier molecular flexibility index (Phi) is 2.24. The SMILES string of the molecule is CC1(C)CCN[C@@H]1C(=O)N1[C@H](C#N)C[C@@H]2C[C@@H]21. The molecule has 2 aliphatic heterocycles. The van der Waals surface area contributed by atoms with Crippen LogP contribution < -0.4 is 5.32 Å². The van der Waals surface area contributed by atoms with Gasteiger partial charge in [-0.1, -0.05) is 13.8 Å². The topological polar surface area (TPSA) is 56.1 Å². The first-order chi connectivity index (χ1) is 8.04. The van der Waals surface area contributed by atoms with Crippen molar-refractivity contribution in [3.63, 3.8) is 0 Å². The average Bonchev–Trinajstić information content (AvgIpc) is 2.79. The Hall–Kier alpha value is -1.08. The Morgan fingerprint density at radius 3 is 2.82 bits per heavy atom. The van der Waals surface area contributed by atoms with Gasteiger partial charge in [0.15, 0.2) is 0 Å². The number of piperidine rings is 1. The van der Waals surface area contributed by atoms with Crippen LogP contribution in [0.2, 0.25) is 0 Å². The highest BCUT2D eigenvalue weighted by Crippen LogP contribution is 2.48. The number of hydrogen-bond donors (Lipinski definition) is 1. The average molecular weight is 233 g/mol. The number of hydrogen-bond acceptors (Lipinski definition) is 3. The molecule has 4 heteroatoms. The third-order valence-electron chi connectivity index (χ3n) is 4.65. The Morgan fingerprint density at radius 1 is 1.47 bits per heavy atom. The molecule has 92 valence electrons. The second-order valence-electron chi connectivity index (χ2n) is 6.31. The highest BCUT2D eigenvalue weighted by molar-refractivity contribution is 5.85. The molecular formula is C13H19N3O. The fourth-order valence-corrected chi connectivity index (χ4v) is 3.42. The molecule has 2 saturated heterocycles. The summed E-state index contributed by atoms with van der Waals surface area (Å²) >= 11 is 0. The van der Waals surface area contributed by atoms with Crippen LogP contribution in [0.5, 0.6) is 0 Å². The molecule has 3 rings (SSSR count). The number of nitrogens with one attached hydrogen (secondary N) is 1. The Bertz CT molecular complexity index is 398. The molecule has 4 atom stereocenters. The van der Waals surface area contributed by atoms with E-state index < -0.39 is 0 Å². The van der Waals surface area contributed by atoms with Crippen LogP contribution in [-0.4, -0.2) is 35.5 Å². The molecule has 17 heavy (non-hydrogen) atoms. The van der Waals surface area contributed by atoms with E-state index >= 15 is 0 Å². The molecule has 2 heterocycles. The van der Waals surface area contributed by atoms with Crippen molar-refractivity contribution in [3.8, 4) is 6.07 Å². The smallest absolute Gasteiger partial charge is 0.241 e. The van der Waals surface area contributed by atoms with Gasteiger partial charge in [-0.2, -0.15) is 5.26 Å². The van der Waals surface area contributed by atoms with Crippen molar-refractivity contribution >= 4 is 5.91 Å². The van der Waals surface area contributed by atoms with Gasteiger partial charge in [-0.25, -0.2) is 0 Å². The van der Waals surface area contributed by atoms with Crippen LogP contribution in [0.3, 0.4) is 0 Å². The molecule has 0 aromatic heterocycles. The predicted octanol–water partition coefficient (Wildman–Crippen LogP) is 0.887. The number of nitriles is 1. The standard InChI is InChI=1S/C13H19N3O/c1-13(2)3-4-15-11(13)12(17)16-9(7-14)5-8-6-10(8)16/h8-11,15H,3-6H2,1-2H3/t8-,9+,10+,11-/m1/s1. The molecule has 1 amide bonds. The van der Waals surface area contributed by atoms with E-state index in [2.05, 4.69) is 25.2 Å². The summed E-state index contributed by atoms with van der Waals surface area (Å²) in [5.74, 6) is 0.761. The molecule has 0 aromatic rings. The summed E-state index contributed by atoms with van der Waals surface area (Å²) in [6.45, 7) is 5.18. The molecule has 0 aromatic carbocycles. The van der Waals surface area contributed by atoms with Crippen LogP contribution in [0, 0.1) is 22.7 Å². The maximum absolute atomic E-state index is 12.6. The van der Waals surface area contributed by atoms with E-state index in [0.29, 0.717) is 12.0 Å². The fraction of sp³-hybridized carbons (Fsp3) is 0.846. The van der Waals surface area contributed by atoms with E-state index in [1.165, 1.54) is 0 Å². The van der Waals surface area contributed by atoms with Gasteiger partial charge in [0.2, 0.25) is 5.91 Å². The summed E-state index contributed by atoms with van der Waals surface area (Å²) in [4.78, 5) is 14.5. The molecule has 1 saturated carbocycles. The molecular weight excluding hydrogens is 214 g/mol. The van der Waals surface area contributed by atoms with Crippen molar-refractivity contribution in [1.29, 1.82) is 5.26 Å². The van der Waals surface area contributed by atoms with Crippen LogP contribution in [0.4, 0.5) is 0 Å². The van der Waals surface area contributed by atoms with E-state index in [9.17, 15) is 4.79 Å². The van der Waals surface area contributed by atoms with Crippen LogP contribution in [-0.2, 0) is 4.79 Å². The second kappa shape index (κ2) is 3.46. The van der Waals surface area contributed by atoms with E-state index in [-0.39, 0.29) is 23.4 Å². The maximum atomic E-state index is 12.6. The molecule has 3 fully saturated rings. The summed E-state index contributed by atoms with van der Waals surface area (Å²) < 4.78 is 0. The lowest BCUT2D eigenvalue weighted by Crippen LogP contribution is -2.51. The van der Waals surface area contributed by atoms with Crippen molar-refractivity contribution in [2.45, 2.75) is 51.2 Å². The lowest BCUT2D eigenvalue weighted by molar-refractivity contribution is -0.136. The Morgan fingerprint density at radius 2 is 2.24 bits per heavy atom. The quantitative estimate of drug-likeness (QED) is 0.731. The molecule has 0 spiro atoms. The van der Waals surface area contributed by atoms with Crippen molar-refractivity contribution in [2.75, 3.05) is 6.54 Å². The highest BCUT2D eigenvalue weighted by atomic mass is 16.2. The van der Waals surface area contributed by atoms with Gasteiger partial charge in [0.25, 0.3) is 0 Å². The van der Waals surface area contributed by atoms with Gasteiger partial charge in [0, 0.05) is 6.04 Å².